The molecule has 2 aromatic heterocycles. The summed E-state index contributed by atoms with van der Waals surface area (Å²) < 4.78 is 30.7. The first kappa shape index (κ1) is 32.3. The number of hydrogen-bond donors (Lipinski definition) is 6. The molecular formula is C30H44N5O10P. The summed E-state index contributed by atoms with van der Waals surface area (Å²) in [5.74, 6) is -0.834. The van der Waals surface area contributed by atoms with Crippen molar-refractivity contribution in [2.75, 3.05) is 12.3 Å². The zero-order chi connectivity index (χ0) is 33.0. The molecule has 2 bridgehead atoms. The van der Waals surface area contributed by atoms with Gasteiger partial charge in [0.25, 0.3) is 0 Å². The highest BCUT2D eigenvalue weighted by atomic mass is 31.2. The maximum atomic E-state index is 13.8. The van der Waals surface area contributed by atoms with Crippen LogP contribution in [0.15, 0.2) is 12.7 Å². The van der Waals surface area contributed by atoms with E-state index < -0.39 is 67.5 Å². The van der Waals surface area contributed by atoms with Gasteiger partial charge in [-0.3, -0.25) is 18.8 Å². The van der Waals surface area contributed by atoms with E-state index in [4.69, 9.17) is 19.5 Å². The van der Waals surface area contributed by atoms with Crippen LogP contribution in [0.2, 0.25) is 0 Å². The fourth-order valence-electron chi connectivity index (χ4n) is 10.5. The standard InChI is InChI=1S/C30H44N5O10P/c1-27-7-4-8-28(2,18(27)9-19(36)30-10-15(5-6-17(27)30)29(3,40)12-30)26(39)45-46(41,42)43-11-16-21(37)22(38)25(44-16)35-14-34-20-23(31)32-13-33-24(20)35/h13-19,21-22,25,36-38,40H,4-12H2,1-3H3,(H,41,42)(H2,31,32,33)/t15-,16-,17+,18+,19-,21-,22-,25-,27+,28-,29-,30-/m1/s1. The van der Waals surface area contributed by atoms with Crippen LogP contribution in [-0.2, 0) is 23.1 Å². The number of nitrogens with zero attached hydrogens (tertiary/aromatic N) is 4. The molecule has 4 aliphatic carbocycles. The van der Waals surface area contributed by atoms with E-state index in [1.807, 2.05) is 6.92 Å². The molecule has 16 heteroatoms. The van der Waals surface area contributed by atoms with Crippen LogP contribution in [0.25, 0.3) is 11.2 Å². The molecule has 0 amide bonds. The molecule has 1 saturated heterocycles. The Morgan fingerprint density at radius 1 is 1.13 bits per heavy atom. The minimum absolute atomic E-state index is 0.0967. The Labute approximate surface area is 266 Å². The largest absolute Gasteiger partial charge is 0.529 e. The van der Waals surface area contributed by atoms with Gasteiger partial charge in [-0.2, -0.15) is 0 Å². The lowest BCUT2D eigenvalue weighted by molar-refractivity contribution is -0.208. The second-order valence-corrected chi connectivity index (χ2v) is 16.5. The van der Waals surface area contributed by atoms with Crippen LogP contribution < -0.4 is 5.73 Å². The van der Waals surface area contributed by atoms with Gasteiger partial charge in [0.2, 0.25) is 0 Å². The number of nitrogens with two attached hydrogens (primary N) is 1. The summed E-state index contributed by atoms with van der Waals surface area (Å²) >= 11 is 0. The van der Waals surface area contributed by atoms with Gasteiger partial charge in [-0.15, -0.1) is 0 Å². The number of carbonyl (C=O) groups is 1. The van der Waals surface area contributed by atoms with Crippen molar-refractivity contribution in [3.05, 3.63) is 12.7 Å². The van der Waals surface area contributed by atoms with E-state index in [0.29, 0.717) is 25.7 Å². The number of ether oxygens (including phenoxy) is 1. The topological polar surface area (TPSA) is 233 Å². The normalized spacial score (nSPS) is 46.4. The van der Waals surface area contributed by atoms with E-state index in [2.05, 4.69) is 21.9 Å². The lowest BCUT2D eigenvalue weighted by Crippen LogP contribution is -2.62. The molecule has 2 aromatic rings. The Hall–Kier alpha value is -2.23. The molecule has 1 unspecified atom stereocenters. The number of carbonyl (C=O) groups excluding carboxylic acids is 1. The van der Waals surface area contributed by atoms with E-state index in [1.54, 1.807) is 6.92 Å². The molecule has 7 rings (SSSR count). The first-order chi connectivity index (χ1) is 21.5. The van der Waals surface area contributed by atoms with Crippen molar-refractivity contribution in [3.8, 4) is 0 Å². The lowest BCUT2D eigenvalue weighted by atomic mass is 9.40. The zero-order valence-corrected chi connectivity index (χ0v) is 27.1. The summed E-state index contributed by atoms with van der Waals surface area (Å²) in [5.41, 5.74) is 3.62. The van der Waals surface area contributed by atoms with Crippen molar-refractivity contribution in [2.24, 2.45) is 34.0 Å². The van der Waals surface area contributed by atoms with Gasteiger partial charge in [0.05, 0.1) is 30.1 Å². The number of fused-ring (bicyclic) bond motifs is 4. The maximum absolute atomic E-state index is 13.8. The highest BCUT2D eigenvalue weighted by Gasteiger charge is 2.70. The van der Waals surface area contributed by atoms with Gasteiger partial charge in [-0.05, 0) is 82.0 Å². The molecule has 0 aromatic carbocycles. The number of phosphoric acid groups is 1. The molecule has 1 spiro atoms. The van der Waals surface area contributed by atoms with Gasteiger partial charge in [0.15, 0.2) is 17.7 Å². The van der Waals surface area contributed by atoms with Crippen molar-refractivity contribution in [3.63, 3.8) is 0 Å². The summed E-state index contributed by atoms with van der Waals surface area (Å²) in [7, 11) is -5.00. The SMILES string of the molecule is C[C@@]12CCC[C@@](C)(C(=O)OP(=O)(O)OC[C@H]3O[C@@H](n4cnc5c(N)ncnc54)[C@H](O)[C@@H]3O)[C@H]1C[C@@H](O)[C@@]13C[C@@H](CC[C@@H]21)[C@](C)(O)C3. The molecule has 4 saturated carbocycles. The number of nitrogen functional groups attached to an aromatic ring is 1. The van der Waals surface area contributed by atoms with Crippen LogP contribution in [0.3, 0.4) is 0 Å². The predicted molar refractivity (Wildman–Crippen MR) is 160 cm³/mol. The minimum Gasteiger partial charge on any atom is -0.393 e. The molecule has 46 heavy (non-hydrogen) atoms. The zero-order valence-electron chi connectivity index (χ0n) is 26.2. The molecule has 7 N–H and O–H groups in total. The number of aliphatic hydroxyl groups is 4. The molecule has 3 heterocycles. The first-order valence-electron chi connectivity index (χ1n) is 16.1. The molecule has 1 aliphatic heterocycles. The minimum atomic E-state index is -5.00. The average Bonchev–Trinajstić information content (AvgIpc) is 3.60. The van der Waals surface area contributed by atoms with Crippen molar-refractivity contribution in [2.45, 2.75) is 108 Å². The third-order valence-electron chi connectivity index (χ3n) is 12.7. The average molecular weight is 666 g/mol. The van der Waals surface area contributed by atoms with Gasteiger partial charge >= 0.3 is 13.8 Å². The van der Waals surface area contributed by atoms with Gasteiger partial charge < -0.3 is 35.4 Å². The Kier molecular flexibility index (Phi) is 7.47. The molecular weight excluding hydrogens is 621 g/mol. The molecule has 254 valence electrons. The van der Waals surface area contributed by atoms with Gasteiger partial charge in [0.1, 0.15) is 30.2 Å². The van der Waals surface area contributed by atoms with Gasteiger partial charge in [-0.1, -0.05) is 13.3 Å². The summed E-state index contributed by atoms with van der Waals surface area (Å²) in [4.78, 5) is 36.6. The van der Waals surface area contributed by atoms with Crippen molar-refractivity contribution >= 4 is 30.8 Å². The van der Waals surface area contributed by atoms with E-state index in [1.165, 1.54) is 17.2 Å². The highest BCUT2D eigenvalue weighted by molar-refractivity contribution is 7.48. The second kappa shape index (κ2) is 10.6. The van der Waals surface area contributed by atoms with E-state index in [0.717, 1.165) is 25.7 Å². The third-order valence-corrected chi connectivity index (χ3v) is 13.5. The molecule has 0 radical (unpaired) electrons. The number of aromatic nitrogens is 4. The first-order valence-corrected chi connectivity index (χ1v) is 17.6. The Bertz CT molecular complexity index is 1590. The van der Waals surface area contributed by atoms with Crippen molar-refractivity contribution in [1.82, 2.24) is 19.5 Å². The predicted octanol–water partition coefficient (Wildman–Crippen LogP) is 1.82. The number of anilines is 1. The fraction of sp³-hybridized carbons (Fsp3) is 0.800. The van der Waals surface area contributed by atoms with Crippen LogP contribution in [0.1, 0.15) is 78.4 Å². The van der Waals surface area contributed by atoms with Gasteiger partial charge in [0, 0.05) is 5.41 Å². The van der Waals surface area contributed by atoms with E-state index in [-0.39, 0.29) is 40.2 Å². The van der Waals surface area contributed by atoms with Crippen molar-refractivity contribution in [1.29, 1.82) is 0 Å². The number of hydrogen-bond acceptors (Lipinski definition) is 13. The number of imidazole rings is 1. The lowest BCUT2D eigenvalue weighted by Gasteiger charge is -2.64. The molecule has 5 aliphatic rings. The van der Waals surface area contributed by atoms with Gasteiger partial charge in [-0.25, -0.2) is 19.5 Å². The van der Waals surface area contributed by atoms with Crippen LogP contribution in [0.4, 0.5) is 5.82 Å². The Balaban J connectivity index is 1.04. The van der Waals surface area contributed by atoms with Crippen LogP contribution in [0, 0.1) is 34.0 Å². The summed E-state index contributed by atoms with van der Waals surface area (Å²) in [5, 5.41) is 44.2. The third kappa shape index (κ3) is 4.68. The van der Waals surface area contributed by atoms with E-state index in [9.17, 15) is 34.7 Å². The Morgan fingerprint density at radius 3 is 2.65 bits per heavy atom. The molecule has 5 fully saturated rings. The molecule has 13 atom stereocenters. The van der Waals surface area contributed by atoms with E-state index >= 15 is 0 Å². The van der Waals surface area contributed by atoms with Crippen molar-refractivity contribution < 1.29 is 48.5 Å². The Morgan fingerprint density at radius 2 is 1.89 bits per heavy atom. The number of phosphoric ester groups is 1. The quantitative estimate of drug-likeness (QED) is 0.242. The number of rotatable bonds is 6. The number of aliphatic hydroxyl groups excluding tert-OH is 3. The van der Waals surface area contributed by atoms with Crippen LogP contribution >= 0.6 is 7.82 Å². The highest BCUT2D eigenvalue weighted by Crippen LogP contribution is 2.73. The smallest absolute Gasteiger partial charge is 0.393 e. The summed E-state index contributed by atoms with van der Waals surface area (Å²) in [6, 6.07) is 0. The van der Waals surface area contributed by atoms with Crippen LogP contribution in [-0.4, -0.2) is 87.4 Å². The summed E-state index contributed by atoms with van der Waals surface area (Å²) in [6.07, 6.45) is 1.73. The monoisotopic (exact) mass is 665 g/mol. The summed E-state index contributed by atoms with van der Waals surface area (Å²) in [6.45, 7) is 5.13. The van der Waals surface area contributed by atoms with Crippen LogP contribution in [0.5, 0.6) is 0 Å². The molecule has 15 nitrogen and oxygen atoms in total. The fourth-order valence-corrected chi connectivity index (χ4v) is 11.3. The maximum Gasteiger partial charge on any atom is 0.529 e. The second-order valence-electron chi connectivity index (χ2n) is 15.2.